The molecule has 2 heterocycles. The van der Waals surface area contributed by atoms with Gasteiger partial charge in [0.2, 0.25) is 0 Å². The van der Waals surface area contributed by atoms with E-state index in [1.54, 1.807) is 0 Å². The standard InChI is InChI=1S/C15H22O5/c1-7-4-11-10(9(3)14(18)19-11)6-13-15(7,20-13)12(17)5-8(2)16/h7,9-13,17H,4-6H2,1-3H3. The molecule has 0 aromatic rings. The van der Waals surface area contributed by atoms with Gasteiger partial charge < -0.3 is 14.6 Å². The summed E-state index contributed by atoms with van der Waals surface area (Å²) in [5, 5.41) is 10.4. The molecule has 0 radical (unpaired) electrons. The number of ketones is 1. The van der Waals surface area contributed by atoms with Crippen molar-refractivity contribution in [1.29, 1.82) is 0 Å². The molecule has 3 rings (SSSR count). The van der Waals surface area contributed by atoms with Crippen LogP contribution in [0, 0.1) is 17.8 Å². The number of aliphatic hydroxyl groups excluding tert-OH is 1. The van der Waals surface area contributed by atoms with Crippen molar-refractivity contribution in [2.75, 3.05) is 0 Å². The lowest BCUT2D eigenvalue weighted by Crippen LogP contribution is -2.39. The average molecular weight is 282 g/mol. The number of epoxide rings is 1. The van der Waals surface area contributed by atoms with Gasteiger partial charge in [-0.2, -0.15) is 0 Å². The molecule has 2 saturated heterocycles. The fraction of sp³-hybridized carbons (Fsp3) is 0.867. The number of Topliss-reactive ketones (excluding diaryl/α,β-unsaturated/α-hetero) is 1. The van der Waals surface area contributed by atoms with Gasteiger partial charge in [-0.25, -0.2) is 0 Å². The first kappa shape index (κ1) is 14.0. The van der Waals surface area contributed by atoms with Crippen LogP contribution in [0.2, 0.25) is 0 Å². The van der Waals surface area contributed by atoms with E-state index in [1.165, 1.54) is 6.92 Å². The molecule has 0 bridgehead atoms. The largest absolute Gasteiger partial charge is 0.462 e. The van der Waals surface area contributed by atoms with Crippen LogP contribution in [0.4, 0.5) is 0 Å². The Hall–Kier alpha value is -0.940. The van der Waals surface area contributed by atoms with Gasteiger partial charge in [0.05, 0.1) is 18.1 Å². The van der Waals surface area contributed by atoms with Crippen molar-refractivity contribution in [2.24, 2.45) is 17.8 Å². The monoisotopic (exact) mass is 282 g/mol. The van der Waals surface area contributed by atoms with E-state index in [9.17, 15) is 14.7 Å². The molecule has 5 heteroatoms. The number of fused-ring (bicyclic) bond motifs is 2. The molecule has 112 valence electrons. The van der Waals surface area contributed by atoms with E-state index in [1.807, 2.05) is 13.8 Å². The first-order valence-electron chi connectivity index (χ1n) is 7.42. The van der Waals surface area contributed by atoms with Crippen molar-refractivity contribution in [2.45, 2.75) is 63.9 Å². The van der Waals surface area contributed by atoms with E-state index in [0.717, 1.165) is 6.42 Å². The van der Waals surface area contributed by atoms with Crippen LogP contribution in [0.15, 0.2) is 0 Å². The van der Waals surface area contributed by atoms with Crippen molar-refractivity contribution in [3.63, 3.8) is 0 Å². The second kappa shape index (κ2) is 4.53. The maximum atomic E-state index is 11.7. The van der Waals surface area contributed by atoms with Crippen LogP contribution in [0.1, 0.15) is 40.0 Å². The summed E-state index contributed by atoms with van der Waals surface area (Å²) in [5.74, 6) is -0.00171. The molecule has 3 aliphatic rings. The number of hydrogen-bond acceptors (Lipinski definition) is 5. The molecular formula is C15H22O5. The maximum Gasteiger partial charge on any atom is 0.309 e. The number of carbonyl (C=O) groups excluding carboxylic acids is 2. The first-order valence-corrected chi connectivity index (χ1v) is 7.42. The molecule has 7 atom stereocenters. The summed E-state index contributed by atoms with van der Waals surface area (Å²) >= 11 is 0. The molecule has 1 aliphatic carbocycles. The van der Waals surface area contributed by atoms with E-state index >= 15 is 0 Å². The van der Waals surface area contributed by atoms with Crippen LogP contribution in [0.5, 0.6) is 0 Å². The van der Waals surface area contributed by atoms with Gasteiger partial charge in [0.1, 0.15) is 17.5 Å². The highest BCUT2D eigenvalue weighted by atomic mass is 16.6. The SMILES string of the molecule is CC(=O)CC(O)C12OC1CC1C(CC2C)OC(=O)C1C. The van der Waals surface area contributed by atoms with E-state index < -0.39 is 11.7 Å². The van der Waals surface area contributed by atoms with Gasteiger partial charge in [-0.3, -0.25) is 9.59 Å². The zero-order chi connectivity index (χ0) is 14.7. The molecule has 20 heavy (non-hydrogen) atoms. The second-order valence-electron chi connectivity index (χ2n) is 6.68. The molecule has 1 N–H and O–H groups in total. The smallest absolute Gasteiger partial charge is 0.309 e. The quantitative estimate of drug-likeness (QED) is 0.619. The van der Waals surface area contributed by atoms with Crippen LogP contribution >= 0.6 is 0 Å². The first-order chi connectivity index (χ1) is 9.36. The fourth-order valence-electron chi connectivity index (χ4n) is 4.13. The molecule has 1 saturated carbocycles. The van der Waals surface area contributed by atoms with Crippen LogP contribution in [0.25, 0.3) is 0 Å². The predicted octanol–water partition coefficient (Wildman–Crippen LogP) is 1.07. The van der Waals surface area contributed by atoms with Gasteiger partial charge >= 0.3 is 5.97 Å². The van der Waals surface area contributed by atoms with Crippen molar-refractivity contribution >= 4 is 11.8 Å². The van der Waals surface area contributed by atoms with Crippen molar-refractivity contribution in [3.05, 3.63) is 0 Å². The van der Waals surface area contributed by atoms with Crippen molar-refractivity contribution in [1.82, 2.24) is 0 Å². The summed E-state index contributed by atoms with van der Waals surface area (Å²) in [7, 11) is 0. The molecule has 7 unspecified atom stereocenters. The molecule has 3 fully saturated rings. The lowest BCUT2D eigenvalue weighted by atomic mass is 9.82. The molecule has 5 nitrogen and oxygen atoms in total. The van der Waals surface area contributed by atoms with Crippen molar-refractivity contribution < 1.29 is 24.2 Å². The fourth-order valence-corrected chi connectivity index (χ4v) is 4.13. The summed E-state index contributed by atoms with van der Waals surface area (Å²) in [4.78, 5) is 22.9. The number of hydrogen-bond donors (Lipinski definition) is 1. The third kappa shape index (κ3) is 1.91. The minimum atomic E-state index is -0.759. The lowest BCUT2D eigenvalue weighted by Gasteiger charge is -2.26. The summed E-state index contributed by atoms with van der Waals surface area (Å²) in [6.07, 6.45) is 0.683. The number of ether oxygens (including phenoxy) is 2. The van der Waals surface area contributed by atoms with E-state index in [0.29, 0.717) is 6.42 Å². The third-order valence-electron chi connectivity index (χ3n) is 5.40. The van der Waals surface area contributed by atoms with Gasteiger partial charge in [-0.05, 0) is 25.7 Å². The Labute approximate surface area is 118 Å². The van der Waals surface area contributed by atoms with Gasteiger partial charge in [-0.1, -0.05) is 13.8 Å². The van der Waals surface area contributed by atoms with Gasteiger partial charge in [-0.15, -0.1) is 0 Å². The summed E-state index contributed by atoms with van der Waals surface area (Å²) in [6, 6.07) is 0. The lowest BCUT2D eigenvalue weighted by molar-refractivity contribution is -0.144. The maximum absolute atomic E-state index is 11.7. The van der Waals surface area contributed by atoms with E-state index in [-0.39, 0.29) is 48.1 Å². The van der Waals surface area contributed by atoms with Crippen molar-refractivity contribution in [3.8, 4) is 0 Å². The zero-order valence-electron chi connectivity index (χ0n) is 12.2. The second-order valence-corrected chi connectivity index (χ2v) is 6.68. The number of carbonyl (C=O) groups is 2. The number of esters is 1. The predicted molar refractivity (Wildman–Crippen MR) is 69.8 cm³/mol. The topological polar surface area (TPSA) is 76.1 Å². The summed E-state index contributed by atoms with van der Waals surface area (Å²) in [5.41, 5.74) is -0.609. The molecule has 0 spiro atoms. The molecule has 0 aromatic heterocycles. The molecular weight excluding hydrogens is 260 g/mol. The Bertz CT molecular complexity index is 448. The normalized spacial score (nSPS) is 47.8. The minimum Gasteiger partial charge on any atom is -0.462 e. The summed E-state index contributed by atoms with van der Waals surface area (Å²) in [6.45, 7) is 5.40. The van der Waals surface area contributed by atoms with Crippen LogP contribution < -0.4 is 0 Å². The van der Waals surface area contributed by atoms with Gasteiger partial charge in [0.25, 0.3) is 0 Å². The van der Waals surface area contributed by atoms with Crippen LogP contribution in [0.3, 0.4) is 0 Å². The van der Waals surface area contributed by atoms with Crippen LogP contribution in [-0.4, -0.2) is 40.8 Å². The van der Waals surface area contributed by atoms with Crippen LogP contribution in [-0.2, 0) is 19.1 Å². The highest BCUT2D eigenvalue weighted by Gasteiger charge is 2.68. The molecule has 2 aliphatic heterocycles. The van der Waals surface area contributed by atoms with Gasteiger partial charge in [0, 0.05) is 12.3 Å². The van der Waals surface area contributed by atoms with E-state index in [4.69, 9.17) is 9.47 Å². The average Bonchev–Trinajstić information content (AvgIpc) is 3.03. The Balaban J connectivity index is 1.79. The van der Waals surface area contributed by atoms with Gasteiger partial charge in [0.15, 0.2) is 0 Å². The Kier molecular flexibility index (Phi) is 3.18. The Morgan fingerprint density at radius 3 is 2.80 bits per heavy atom. The third-order valence-corrected chi connectivity index (χ3v) is 5.40. The Morgan fingerprint density at radius 2 is 2.15 bits per heavy atom. The molecule has 0 amide bonds. The highest BCUT2D eigenvalue weighted by molar-refractivity contribution is 5.76. The minimum absolute atomic E-state index is 0.0300. The highest BCUT2D eigenvalue weighted by Crippen LogP contribution is 2.56. The summed E-state index contributed by atoms with van der Waals surface area (Å²) < 4.78 is 11.3. The Morgan fingerprint density at radius 1 is 1.45 bits per heavy atom. The number of aliphatic hydroxyl groups is 1. The van der Waals surface area contributed by atoms with E-state index in [2.05, 4.69) is 0 Å². The molecule has 0 aromatic carbocycles. The number of rotatable bonds is 3. The zero-order valence-corrected chi connectivity index (χ0v) is 12.2.